The second-order valence-corrected chi connectivity index (χ2v) is 8.23. The molecule has 32 heavy (non-hydrogen) atoms. The number of fused-ring (bicyclic) bond motifs is 4. The van der Waals surface area contributed by atoms with Gasteiger partial charge in [0.1, 0.15) is 35.4 Å². The summed E-state index contributed by atoms with van der Waals surface area (Å²) >= 11 is 0. The highest BCUT2D eigenvalue weighted by Crippen LogP contribution is 2.30. The zero-order valence-corrected chi connectivity index (χ0v) is 17.4. The number of halogens is 3. The lowest BCUT2D eigenvalue weighted by molar-refractivity contribution is 0.0162. The van der Waals surface area contributed by atoms with Gasteiger partial charge in [-0.15, -0.1) is 0 Å². The van der Waals surface area contributed by atoms with E-state index in [1.807, 2.05) is 6.92 Å². The normalized spacial score (nSPS) is 22.4. The summed E-state index contributed by atoms with van der Waals surface area (Å²) in [5, 5.41) is 14.6. The standard InChI is InChI=1S/C21H21F3N4O4/c1-11-3-4-21(2,32)28-10-26(11)20(31)17-7-18(29)14(9-27(17)28)19(30)25-8-13-15(23)5-12(22)6-16(13)24/h5-7,9,11,32H,3-4,8,10H2,1-2H3,(H,25,30). The molecule has 0 saturated carbocycles. The van der Waals surface area contributed by atoms with E-state index in [1.54, 1.807) is 6.92 Å². The number of carbonyl (C=O) groups is 2. The second-order valence-electron chi connectivity index (χ2n) is 8.23. The molecule has 2 bridgehead atoms. The number of nitrogens with zero attached hydrogens (tertiary/aromatic N) is 3. The molecule has 2 unspecified atom stereocenters. The largest absolute Gasteiger partial charge is 0.370 e. The van der Waals surface area contributed by atoms with Crippen molar-refractivity contribution >= 4 is 11.8 Å². The Hall–Kier alpha value is -3.34. The first-order valence-corrected chi connectivity index (χ1v) is 9.99. The zero-order valence-electron chi connectivity index (χ0n) is 17.4. The van der Waals surface area contributed by atoms with E-state index in [9.17, 15) is 32.7 Å². The van der Waals surface area contributed by atoms with Crippen molar-refractivity contribution < 1.29 is 27.9 Å². The summed E-state index contributed by atoms with van der Waals surface area (Å²) in [6.07, 6.45) is 2.01. The van der Waals surface area contributed by atoms with Crippen molar-refractivity contribution in [3.63, 3.8) is 0 Å². The molecule has 2 aliphatic heterocycles. The molecule has 4 rings (SSSR count). The van der Waals surface area contributed by atoms with E-state index in [0.29, 0.717) is 25.0 Å². The van der Waals surface area contributed by atoms with E-state index in [4.69, 9.17) is 0 Å². The van der Waals surface area contributed by atoms with Gasteiger partial charge in [-0.05, 0) is 26.7 Å². The molecule has 0 spiro atoms. The molecule has 2 amide bonds. The maximum Gasteiger partial charge on any atom is 0.274 e. The van der Waals surface area contributed by atoms with Gasteiger partial charge < -0.3 is 15.3 Å². The predicted octanol–water partition coefficient (Wildman–Crippen LogP) is 1.44. The molecule has 1 aromatic carbocycles. The minimum Gasteiger partial charge on any atom is -0.370 e. The number of carbonyl (C=O) groups excluding carboxylic acids is 2. The SMILES string of the molecule is CC1CCC(C)(O)N2CN1C(=O)c1cc(=O)c(C(=O)NCc3c(F)cc(F)cc3F)cn12. The first-order chi connectivity index (χ1) is 15.0. The summed E-state index contributed by atoms with van der Waals surface area (Å²) in [6, 6.07) is 1.81. The van der Waals surface area contributed by atoms with E-state index in [2.05, 4.69) is 5.32 Å². The van der Waals surface area contributed by atoms with Crippen LogP contribution >= 0.6 is 0 Å². The van der Waals surface area contributed by atoms with Gasteiger partial charge in [-0.2, -0.15) is 0 Å². The summed E-state index contributed by atoms with van der Waals surface area (Å²) < 4.78 is 42.0. The number of aliphatic hydroxyl groups is 1. The molecule has 2 aliphatic rings. The summed E-state index contributed by atoms with van der Waals surface area (Å²) in [4.78, 5) is 39.7. The van der Waals surface area contributed by atoms with Crippen LogP contribution in [0.1, 0.15) is 53.1 Å². The van der Waals surface area contributed by atoms with E-state index in [-0.39, 0.29) is 24.0 Å². The summed E-state index contributed by atoms with van der Waals surface area (Å²) in [5.41, 5.74) is -3.08. The number of hydrogen-bond donors (Lipinski definition) is 2. The van der Waals surface area contributed by atoms with Crippen LogP contribution in [0.2, 0.25) is 0 Å². The molecule has 0 aliphatic carbocycles. The molecule has 2 aromatic rings. The minimum absolute atomic E-state index is 0.0116. The number of rotatable bonds is 3. The van der Waals surface area contributed by atoms with Crippen LogP contribution in [0.3, 0.4) is 0 Å². The number of nitrogens with one attached hydrogen (secondary N) is 1. The van der Waals surface area contributed by atoms with Gasteiger partial charge in [0.2, 0.25) is 0 Å². The number of benzene rings is 1. The Morgan fingerprint density at radius 2 is 1.88 bits per heavy atom. The van der Waals surface area contributed by atoms with Crippen molar-refractivity contribution in [2.24, 2.45) is 0 Å². The van der Waals surface area contributed by atoms with Crippen molar-refractivity contribution in [1.29, 1.82) is 0 Å². The monoisotopic (exact) mass is 450 g/mol. The number of pyridine rings is 1. The smallest absolute Gasteiger partial charge is 0.274 e. The van der Waals surface area contributed by atoms with Gasteiger partial charge in [-0.3, -0.25) is 24.1 Å². The topological polar surface area (TPSA) is 94.9 Å². The Labute approximate surface area is 180 Å². The van der Waals surface area contributed by atoms with E-state index < -0.39 is 52.5 Å². The Bertz CT molecular complexity index is 1160. The van der Waals surface area contributed by atoms with Gasteiger partial charge in [-0.25, -0.2) is 13.2 Å². The maximum absolute atomic E-state index is 13.8. The molecular formula is C21H21F3N4O4. The van der Waals surface area contributed by atoms with Gasteiger partial charge >= 0.3 is 0 Å². The molecule has 1 aromatic heterocycles. The Kier molecular flexibility index (Phi) is 5.24. The fraction of sp³-hybridized carbons (Fsp3) is 0.381. The lowest BCUT2D eigenvalue weighted by atomic mass is 10.1. The average Bonchev–Trinajstić information content (AvgIpc) is 2.81. The van der Waals surface area contributed by atoms with Gasteiger partial charge in [-0.1, -0.05) is 0 Å². The van der Waals surface area contributed by atoms with E-state index in [1.165, 1.54) is 14.6 Å². The van der Waals surface area contributed by atoms with Crippen LogP contribution in [0, 0.1) is 17.5 Å². The molecule has 0 radical (unpaired) electrons. The molecular weight excluding hydrogens is 429 g/mol. The Morgan fingerprint density at radius 3 is 2.53 bits per heavy atom. The first-order valence-electron chi connectivity index (χ1n) is 9.99. The third-order valence-corrected chi connectivity index (χ3v) is 5.96. The number of hydrogen-bond acceptors (Lipinski definition) is 5. The molecule has 8 nitrogen and oxygen atoms in total. The Morgan fingerprint density at radius 1 is 1.22 bits per heavy atom. The highest BCUT2D eigenvalue weighted by Gasteiger charge is 2.43. The molecule has 2 N–H and O–H groups in total. The van der Waals surface area contributed by atoms with Crippen LogP contribution < -0.4 is 15.8 Å². The molecule has 1 fully saturated rings. The molecule has 170 valence electrons. The van der Waals surface area contributed by atoms with Gasteiger partial charge in [0.15, 0.2) is 11.2 Å². The van der Waals surface area contributed by atoms with E-state index in [0.717, 1.165) is 12.3 Å². The zero-order chi connectivity index (χ0) is 23.4. The molecule has 3 heterocycles. The molecule has 1 saturated heterocycles. The third kappa shape index (κ3) is 3.62. The van der Waals surface area contributed by atoms with Crippen molar-refractivity contribution in [2.75, 3.05) is 11.7 Å². The summed E-state index contributed by atoms with van der Waals surface area (Å²) in [6.45, 7) is 2.85. The lowest BCUT2D eigenvalue weighted by Crippen LogP contribution is -2.62. The van der Waals surface area contributed by atoms with Crippen LogP contribution in [-0.4, -0.2) is 44.9 Å². The highest BCUT2D eigenvalue weighted by molar-refractivity contribution is 5.97. The van der Waals surface area contributed by atoms with Gasteiger partial charge in [0, 0.05) is 42.5 Å². The quantitative estimate of drug-likeness (QED) is 0.738. The lowest BCUT2D eigenvalue weighted by Gasteiger charge is -2.44. The maximum atomic E-state index is 13.8. The third-order valence-electron chi connectivity index (χ3n) is 5.96. The van der Waals surface area contributed by atoms with Crippen LogP contribution in [-0.2, 0) is 6.54 Å². The fourth-order valence-corrected chi connectivity index (χ4v) is 3.97. The number of aromatic nitrogens is 1. The second kappa shape index (κ2) is 7.66. The first kappa shape index (κ1) is 21.9. The Balaban J connectivity index is 1.68. The molecule has 11 heteroatoms. The van der Waals surface area contributed by atoms with Crippen LogP contribution in [0.25, 0.3) is 0 Å². The van der Waals surface area contributed by atoms with Crippen molar-refractivity contribution in [3.05, 3.63) is 68.9 Å². The highest BCUT2D eigenvalue weighted by atomic mass is 19.1. The van der Waals surface area contributed by atoms with Crippen LogP contribution in [0.5, 0.6) is 0 Å². The fourth-order valence-electron chi connectivity index (χ4n) is 3.97. The summed E-state index contributed by atoms with van der Waals surface area (Å²) in [5.74, 6) is -4.80. The van der Waals surface area contributed by atoms with Crippen molar-refractivity contribution in [3.8, 4) is 0 Å². The minimum atomic E-state index is -1.36. The van der Waals surface area contributed by atoms with Crippen molar-refractivity contribution in [2.45, 2.75) is 45.0 Å². The van der Waals surface area contributed by atoms with Gasteiger partial charge in [0.05, 0.1) is 0 Å². The van der Waals surface area contributed by atoms with Crippen LogP contribution in [0.4, 0.5) is 13.2 Å². The van der Waals surface area contributed by atoms with E-state index >= 15 is 0 Å². The predicted molar refractivity (Wildman–Crippen MR) is 107 cm³/mol. The summed E-state index contributed by atoms with van der Waals surface area (Å²) in [7, 11) is 0. The average molecular weight is 450 g/mol. The molecule has 2 atom stereocenters. The van der Waals surface area contributed by atoms with Gasteiger partial charge in [0.25, 0.3) is 11.8 Å². The van der Waals surface area contributed by atoms with Crippen LogP contribution in [0.15, 0.2) is 29.2 Å². The number of amides is 2. The van der Waals surface area contributed by atoms with Crippen molar-refractivity contribution in [1.82, 2.24) is 14.9 Å².